The summed E-state index contributed by atoms with van der Waals surface area (Å²) in [6, 6.07) is 9.30. The molecule has 1 aliphatic heterocycles. The second-order valence-electron chi connectivity index (χ2n) is 5.22. The summed E-state index contributed by atoms with van der Waals surface area (Å²) in [5.74, 6) is 1.59. The summed E-state index contributed by atoms with van der Waals surface area (Å²) in [5, 5.41) is 0. The molecule has 1 atom stereocenters. The number of aryl methyl sites for hydroxylation is 1. The number of rotatable bonds is 2. The maximum atomic E-state index is 13.5. The molecule has 5 nitrogen and oxygen atoms in total. The second kappa shape index (κ2) is 5.65. The van der Waals surface area contributed by atoms with Crippen molar-refractivity contribution in [3.8, 4) is 12.3 Å². The molecule has 2 aromatic rings. The van der Waals surface area contributed by atoms with Gasteiger partial charge >= 0.3 is 6.09 Å². The zero-order valence-corrected chi connectivity index (χ0v) is 13.4. The third kappa shape index (κ3) is 2.51. The van der Waals surface area contributed by atoms with Crippen molar-refractivity contribution in [2.24, 2.45) is 0 Å². The fourth-order valence-electron chi connectivity index (χ4n) is 2.40. The Labute approximate surface area is 138 Å². The van der Waals surface area contributed by atoms with E-state index in [1.807, 2.05) is 0 Å². The van der Waals surface area contributed by atoms with E-state index >= 15 is 0 Å². The van der Waals surface area contributed by atoms with Crippen LogP contribution in [0.4, 0.5) is 14.9 Å². The van der Waals surface area contributed by atoms with Crippen LogP contribution in [0.3, 0.4) is 0 Å². The number of nitrogens with zero attached hydrogens (tertiary/aromatic N) is 1. The van der Waals surface area contributed by atoms with E-state index in [1.165, 1.54) is 18.2 Å². The third-order valence-electron chi connectivity index (χ3n) is 3.59. The SMILES string of the molecule is C#CC1OC(=O)N(S(=O)(=O)c2ccc(C)cc2)c2ccc(F)cc21. The standard InChI is InChI=1S/C17H12FNO4S/c1-3-16-14-10-12(18)6-9-15(14)19(17(20)23-16)24(21,22)13-7-4-11(2)5-8-13/h1,4-10,16H,2H3. The molecule has 0 aliphatic carbocycles. The molecule has 1 aliphatic rings. The maximum Gasteiger partial charge on any atom is 0.430 e. The van der Waals surface area contributed by atoms with Crippen LogP contribution in [0.5, 0.6) is 0 Å². The topological polar surface area (TPSA) is 63.7 Å². The van der Waals surface area contributed by atoms with Crippen LogP contribution in [0.25, 0.3) is 0 Å². The van der Waals surface area contributed by atoms with Crippen molar-refractivity contribution in [2.45, 2.75) is 17.9 Å². The molecule has 0 N–H and O–H groups in total. The summed E-state index contributed by atoms with van der Waals surface area (Å²) in [6.07, 6.45) is 3.02. The number of sulfonamides is 1. The first-order chi connectivity index (χ1) is 11.3. The average molecular weight is 345 g/mol. The molecule has 0 saturated carbocycles. The Hall–Kier alpha value is -2.85. The zero-order valence-electron chi connectivity index (χ0n) is 12.6. The smallest absolute Gasteiger partial charge is 0.427 e. The Morgan fingerprint density at radius 2 is 1.88 bits per heavy atom. The van der Waals surface area contributed by atoms with E-state index in [9.17, 15) is 17.6 Å². The number of anilines is 1. The lowest BCUT2D eigenvalue weighted by Gasteiger charge is -2.31. The van der Waals surface area contributed by atoms with Crippen molar-refractivity contribution in [2.75, 3.05) is 4.31 Å². The van der Waals surface area contributed by atoms with E-state index in [4.69, 9.17) is 11.2 Å². The van der Waals surface area contributed by atoms with Crippen LogP contribution in [0, 0.1) is 25.1 Å². The summed E-state index contributed by atoms with van der Waals surface area (Å²) in [6.45, 7) is 1.81. The Balaban J connectivity index is 2.19. The first-order valence-corrected chi connectivity index (χ1v) is 8.37. The maximum absolute atomic E-state index is 13.5. The highest BCUT2D eigenvalue weighted by Gasteiger charge is 2.40. The summed E-state index contributed by atoms with van der Waals surface area (Å²) in [4.78, 5) is 12.1. The van der Waals surface area contributed by atoms with Crippen molar-refractivity contribution in [3.05, 3.63) is 59.4 Å². The molecule has 1 unspecified atom stereocenters. The number of fused-ring (bicyclic) bond motifs is 1. The number of hydrogen-bond acceptors (Lipinski definition) is 4. The van der Waals surface area contributed by atoms with Gasteiger partial charge in [0.15, 0.2) is 6.10 Å². The molecular formula is C17H12FNO4S. The van der Waals surface area contributed by atoms with Crippen molar-refractivity contribution >= 4 is 21.8 Å². The van der Waals surface area contributed by atoms with E-state index in [-0.39, 0.29) is 16.1 Å². The number of hydrogen-bond donors (Lipinski definition) is 0. The lowest BCUT2D eigenvalue weighted by atomic mass is 10.1. The van der Waals surface area contributed by atoms with Crippen LogP contribution in [0.1, 0.15) is 17.2 Å². The number of ether oxygens (including phenoxy) is 1. The van der Waals surface area contributed by atoms with Crippen molar-refractivity contribution in [1.29, 1.82) is 0 Å². The lowest BCUT2D eigenvalue weighted by molar-refractivity contribution is 0.130. The molecule has 122 valence electrons. The Morgan fingerprint density at radius 1 is 1.21 bits per heavy atom. The Kier molecular flexibility index (Phi) is 3.78. The first-order valence-electron chi connectivity index (χ1n) is 6.93. The van der Waals surface area contributed by atoms with Gasteiger partial charge in [-0.15, -0.1) is 6.42 Å². The minimum absolute atomic E-state index is 0.0174. The second-order valence-corrected chi connectivity index (χ2v) is 7.00. The van der Waals surface area contributed by atoms with Gasteiger partial charge in [-0.05, 0) is 37.3 Å². The molecule has 2 aromatic carbocycles. The number of benzene rings is 2. The van der Waals surface area contributed by atoms with Gasteiger partial charge in [0.25, 0.3) is 10.0 Å². The third-order valence-corrected chi connectivity index (χ3v) is 5.28. The molecule has 0 aromatic heterocycles. The van der Waals surface area contributed by atoms with Crippen LogP contribution >= 0.6 is 0 Å². The predicted octanol–water partition coefficient (Wildman–Crippen LogP) is 3.15. The monoisotopic (exact) mass is 345 g/mol. The van der Waals surface area contributed by atoms with Crippen molar-refractivity contribution < 1.29 is 22.3 Å². The lowest BCUT2D eigenvalue weighted by Crippen LogP contribution is -2.41. The Morgan fingerprint density at radius 3 is 2.50 bits per heavy atom. The van der Waals surface area contributed by atoms with Crippen molar-refractivity contribution in [1.82, 2.24) is 0 Å². The molecular weight excluding hydrogens is 333 g/mol. The van der Waals surface area contributed by atoms with Gasteiger partial charge in [-0.3, -0.25) is 0 Å². The molecule has 0 spiro atoms. The summed E-state index contributed by atoms with van der Waals surface area (Å²) in [7, 11) is -4.22. The fraction of sp³-hybridized carbons (Fsp3) is 0.118. The molecule has 1 amide bonds. The molecule has 0 saturated heterocycles. The predicted molar refractivity (Wildman–Crippen MR) is 85.3 cm³/mol. The summed E-state index contributed by atoms with van der Waals surface area (Å²) < 4.78 is 44.6. The number of cyclic esters (lactones) is 1. The number of terminal acetylenes is 1. The van der Waals surface area contributed by atoms with E-state index in [0.717, 1.165) is 17.7 Å². The highest BCUT2D eigenvalue weighted by molar-refractivity contribution is 7.93. The van der Waals surface area contributed by atoms with E-state index in [0.29, 0.717) is 4.31 Å². The minimum atomic E-state index is -4.22. The molecule has 0 radical (unpaired) electrons. The largest absolute Gasteiger partial charge is 0.430 e. The zero-order chi connectivity index (χ0) is 17.5. The molecule has 0 bridgehead atoms. The quantitative estimate of drug-likeness (QED) is 0.785. The summed E-state index contributed by atoms with van der Waals surface area (Å²) >= 11 is 0. The Bertz CT molecular complexity index is 961. The average Bonchev–Trinajstić information content (AvgIpc) is 2.54. The number of carbonyl (C=O) groups excluding carboxylic acids is 1. The van der Waals surface area contributed by atoms with Gasteiger partial charge in [-0.2, -0.15) is 4.31 Å². The molecule has 0 fully saturated rings. The minimum Gasteiger partial charge on any atom is -0.427 e. The van der Waals surface area contributed by atoms with Crippen molar-refractivity contribution in [3.63, 3.8) is 0 Å². The molecule has 7 heteroatoms. The number of halogens is 1. The van der Waals surface area contributed by atoms with Gasteiger partial charge in [0.1, 0.15) is 5.82 Å². The van der Waals surface area contributed by atoms with Gasteiger partial charge in [0, 0.05) is 5.56 Å². The van der Waals surface area contributed by atoms with Gasteiger partial charge < -0.3 is 4.74 Å². The van der Waals surface area contributed by atoms with Crippen LogP contribution in [0.2, 0.25) is 0 Å². The van der Waals surface area contributed by atoms with Crippen LogP contribution in [-0.4, -0.2) is 14.5 Å². The van der Waals surface area contributed by atoms with Crippen LogP contribution in [-0.2, 0) is 14.8 Å². The number of amides is 1. The number of carbonyl (C=O) groups is 1. The molecule has 24 heavy (non-hydrogen) atoms. The van der Waals surface area contributed by atoms with Gasteiger partial charge in [0.2, 0.25) is 0 Å². The first kappa shape index (κ1) is 16.0. The highest BCUT2D eigenvalue weighted by Crippen LogP contribution is 2.38. The molecule has 3 rings (SSSR count). The van der Waals surface area contributed by atoms with Gasteiger partial charge in [-0.25, -0.2) is 17.6 Å². The van der Waals surface area contributed by atoms with E-state index in [1.54, 1.807) is 19.1 Å². The van der Waals surface area contributed by atoms with Crippen LogP contribution < -0.4 is 4.31 Å². The fourth-order valence-corrected chi connectivity index (χ4v) is 3.75. The summed E-state index contributed by atoms with van der Waals surface area (Å²) in [5.41, 5.74) is 0.953. The van der Waals surface area contributed by atoms with E-state index in [2.05, 4.69) is 5.92 Å². The van der Waals surface area contributed by atoms with Gasteiger partial charge in [0.05, 0.1) is 10.6 Å². The van der Waals surface area contributed by atoms with Gasteiger partial charge in [-0.1, -0.05) is 23.6 Å². The molecule has 1 heterocycles. The van der Waals surface area contributed by atoms with Crippen LogP contribution in [0.15, 0.2) is 47.4 Å². The highest BCUT2D eigenvalue weighted by atomic mass is 32.2. The van der Waals surface area contributed by atoms with E-state index < -0.39 is 28.0 Å². The normalized spacial score (nSPS) is 17.0.